The number of hydrogen-bond donors (Lipinski definition) is 1. The molecule has 1 aliphatic heterocycles. The number of anilines is 2. The standard InChI is InChI=1S/C23H23Cl2N3O2/c1-14-12-26-21-16(22(14)28-11-5-6-15(28)13-30-2)7-3-10-19(21)27-23(29)20-17(24)8-4-9-18(20)25/h3-4,7-10,12,15H,5-6,11,13H2,1-2H3,(H,27,29)/t15-/m0/s1. The molecule has 1 amide bonds. The fourth-order valence-electron chi connectivity index (χ4n) is 4.19. The van der Waals surface area contributed by atoms with Crippen molar-refractivity contribution in [2.75, 3.05) is 30.5 Å². The number of methoxy groups -OCH3 is 1. The number of rotatable bonds is 5. The molecule has 4 rings (SSSR count). The van der Waals surface area contributed by atoms with Gasteiger partial charge in [0.15, 0.2) is 0 Å². The number of aryl methyl sites for hydroxylation is 1. The van der Waals surface area contributed by atoms with Crippen LogP contribution in [0.15, 0.2) is 42.6 Å². The third kappa shape index (κ3) is 3.85. The molecule has 3 aromatic rings. The number of hydrogen-bond acceptors (Lipinski definition) is 4. The molecule has 7 heteroatoms. The van der Waals surface area contributed by atoms with E-state index >= 15 is 0 Å². The Labute approximate surface area is 185 Å². The molecular formula is C23H23Cl2N3O2. The molecule has 0 bridgehead atoms. The lowest BCUT2D eigenvalue weighted by Gasteiger charge is -2.29. The monoisotopic (exact) mass is 443 g/mol. The lowest BCUT2D eigenvalue weighted by molar-refractivity contribution is 0.102. The van der Waals surface area contributed by atoms with Crippen LogP contribution in [0.25, 0.3) is 10.9 Å². The van der Waals surface area contributed by atoms with Crippen LogP contribution in [0.3, 0.4) is 0 Å². The van der Waals surface area contributed by atoms with Crippen molar-refractivity contribution in [3.63, 3.8) is 0 Å². The number of fused-ring (bicyclic) bond motifs is 1. The van der Waals surface area contributed by atoms with Crippen molar-refractivity contribution in [3.05, 3.63) is 63.8 Å². The maximum atomic E-state index is 12.9. The molecule has 156 valence electrons. The quantitative estimate of drug-likeness (QED) is 0.547. The first-order valence-corrected chi connectivity index (χ1v) is 10.7. The number of amides is 1. The summed E-state index contributed by atoms with van der Waals surface area (Å²) >= 11 is 12.4. The normalized spacial score (nSPS) is 16.3. The van der Waals surface area contributed by atoms with Gasteiger partial charge in [-0.05, 0) is 43.5 Å². The van der Waals surface area contributed by atoms with Gasteiger partial charge >= 0.3 is 0 Å². The van der Waals surface area contributed by atoms with Gasteiger partial charge in [0.25, 0.3) is 5.91 Å². The molecule has 1 aliphatic rings. The first-order chi connectivity index (χ1) is 14.5. The van der Waals surface area contributed by atoms with Crippen molar-refractivity contribution >= 4 is 51.4 Å². The fraction of sp³-hybridized carbons (Fsp3) is 0.304. The minimum atomic E-state index is -0.361. The molecule has 1 N–H and O–H groups in total. The topological polar surface area (TPSA) is 54.5 Å². The summed E-state index contributed by atoms with van der Waals surface area (Å²) in [5.74, 6) is -0.361. The van der Waals surface area contributed by atoms with Crippen molar-refractivity contribution in [1.29, 1.82) is 0 Å². The Kier molecular flexibility index (Phi) is 6.14. The molecule has 2 heterocycles. The maximum absolute atomic E-state index is 12.9. The molecule has 2 aromatic carbocycles. The lowest BCUT2D eigenvalue weighted by atomic mass is 10.1. The molecule has 1 fully saturated rings. The van der Waals surface area contributed by atoms with Gasteiger partial charge in [0.1, 0.15) is 0 Å². The van der Waals surface area contributed by atoms with Gasteiger partial charge in [0.05, 0.1) is 45.1 Å². The van der Waals surface area contributed by atoms with Crippen molar-refractivity contribution < 1.29 is 9.53 Å². The van der Waals surface area contributed by atoms with Crippen molar-refractivity contribution in [2.45, 2.75) is 25.8 Å². The summed E-state index contributed by atoms with van der Waals surface area (Å²) in [6.07, 6.45) is 4.08. The van der Waals surface area contributed by atoms with Gasteiger partial charge in [0, 0.05) is 25.2 Å². The second kappa shape index (κ2) is 8.80. The zero-order chi connectivity index (χ0) is 21.3. The summed E-state index contributed by atoms with van der Waals surface area (Å²) in [4.78, 5) is 19.9. The van der Waals surface area contributed by atoms with Gasteiger partial charge in [-0.2, -0.15) is 0 Å². The maximum Gasteiger partial charge on any atom is 0.258 e. The van der Waals surface area contributed by atoms with Crippen LogP contribution in [-0.2, 0) is 4.74 Å². The molecular weight excluding hydrogens is 421 g/mol. The number of para-hydroxylation sites is 1. The second-order valence-corrected chi connectivity index (χ2v) is 8.30. The Bertz CT molecular complexity index is 1080. The van der Waals surface area contributed by atoms with E-state index in [1.807, 2.05) is 24.4 Å². The molecule has 0 radical (unpaired) electrons. The summed E-state index contributed by atoms with van der Waals surface area (Å²) < 4.78 is 5.44. The first kappa shape index (κ1) is 20.9. The lowest BCUT2D eigenvalue weighted by Crippen LogP contribution is -2.33. The third-order valence-corrected chi connectivity index (χ3v) is 6.14. The molecule has 0 unspecified atom stereocenters. The molecule has 1 atom stereocenters. The van der Waals surface area contributed by atoms with E-state index in [1.54, 1.807) is 25.3 Å². The van der Waals surface area contributed by atoms with Crippen molar-refractivity contribution in [2.24, 2.45) is 0 Å². The smallest absolute Gasteiger partial charge is 0.258 e. The first-order valence-electron chi connectivity index (χ1n) is 9.90. The number of nitrogens with one attached hydrogen (secondary N) is 1. The summed E-state index contributed by atoms with van der Waals surface area (Å²) in [7, 11) is 1.74. The summed E-state index contributed by atoms with van der Waals surface area (Å²) in [5.41, 5.74) is 3.86. The van der Waals surface area contributed by atoms with Crippen LogP contribution in [0.1, 0.15) is 28.8 Å². The minimum Gasteiger partial charge on any atom is -0.383 e. The van der Waals surface area contributed by atoms with E-state index in [4.69, 9.17) is 27.9 Å². The van der Waals surface area contributed by atoms with Gasteiger partial charge < -0.3 is 15.0 Å². The van der Waals surface area contributed by atoms with Gasteiger partial charge in [-0.1, -0.05) is 41.4 Å². The van der Waals surface area contributed by atoms with Gasteiger partial charge in [0.2, 0.25) is 0 Å². The van der Waals surface area contributed by atoms with E-state index in [9.17, 15) is 4.79 Å². The number of carbonyl (C=O) groups is 1. The van der Waals surface area contributed by atoms with Crippen LogP contribution in [0.2, 0.25) is 10.0 Å². The third-order valence-electron chi connectivity index (χ3n) is 5.51. The number of aromatic nitrogens is 1. The average Bonchev–Trinajstić information content (AvgIpc) is 3.16. The number of ether oxygens (including phenoxy) is 1. The predicted octanol–water partition coefficient (Wildman–Crippen LogP) is 5.72. The van der Waals surface area contributed by atoms with Crippen LogP contribution >= 0.6 is 23.2 Å². The highest BCUT2D eigenvalue weighted by Gasteiger charge is 2.28. The zero-order valence-electron chi connectivity index (χ0n) is 16.9. The van der Waals surface area contributed by atoms with Gasteiger partial charge in [-0.25, -0.2) is 0 Å². The molecule has 5 nitrogen and oxygen atoms in total. The Balaban J connectivity index is 1.76. The van der Waals surface area contributed by atoms with Crippen LogP contribution in [0.5, 0.6) is 0 Å². The average molecular weight is 444 g/mol. The van der Waals surface area contributed by atoms with Crippen LogP contribution < -0.4 is 10.2 Å². The van der Waals surface area contributed by atoms with E-state index in [-0.39, 0.29) is 11.5 Å². The SMILES string of the molecule is COC[C@@H]1CCCN1c1c(C)cnc2c(NC(=O)c3c(Cl)cccc3Cl)cccc12. The number of benzene rings is 2. The zero-order valence-corrected chi connectivity index (χ0v) is 18.4. The Morgan fingerprint density at radius 1 is 1.23 bits per heavy atom. The van der Waals surface area contributed by atoms with E-state index in [0.717, 1.165) is 41.5 Å². The van der Waals surface area contributed by atoms with Crippen LogP contribution in [0, 0.1) is 6.92 Å². The van der Waals surface area contributed by atoms with Crippen LogP contribution in [-0.4, -0.2) is 37.2 Å². The Hall–Kier alpha value is -2.34. The van der Waals surface area contributed by atoms with E-state index < -0.39 is 0 Å². The molecule has 30 heavy (non-hydrogen) atoms. The summed E-state index contributed by atoms with van der Waals surface area (Å²) in [6, 6.07) is 11.2. The minimum absolute atomic E-state index is 0.255. The highest BCUT2D eigenvalue weighted by molar-refractivity contribution is 6.40. The molecule has 1 saturated heterocycles. The van der Waals surface area contributed by atoms with Gasteiger partial charge in [-0.15, -0.1) is 0 Å². The van der Waals surface area contributed by atoms with E-state index in [0.29, 0.717) is 28.4 Å². The second-order valence-electron chi connectivity index (χ2n) is 7.49. The van der Waals surface area contributed by atoms with E-state index in [2.05, 4.69) is 22.1 Å². The molecule has 0 saturated carbocycles. The van der Waals surface area contributed by atoms with E-state index in [1.165, 1.54) is 0 Å². The number of halogens is 2. The predicted molar refractivity (Wildman–Crippen MR) is 123 cm³/mol. The molecule has 1 aromatic heterocycles. The number of pyridine rings is 1. The fourth-order valence-corrected chi connectivity index (χ4v) is 4.76. The summed E-state index contributed by atoms with van der Waals surface area (Å²) in [5, 5.41) is 4.56. The molecule has 0 aliphatic carbocycles. The Morgan fingerprint density at radius 2 is 1.97 bits per heavy atom. The summed E-state index contributed by atoms with van der Waals surface area (Å²) in [6.45, 7) is 3.73. The highest BCUT2D eigenvalue weighted by Crippen LogP contribution is 2.37. The van der Waals surface area contributed by atoms with Crippen molar-refractivity contribution in [3.8, 4) is 0 Å². The largest absolute Gasteiger partial charge is 0.383 e. The number of carbonyl (C=O) groups excluding carboxylic acids is 1. The van der Waals surface area contributed by atoms with Crippen molar-refractivity contribution in [1.82, 2.24) is 4.98 Å². The van der Waals surface area contributed by atoms with Crippen LogP contribution in [0.4, 0.5) is 11.4 Å². The molecule has 0 spiro atoms. The Morgan fingerprint density at radius 3 is 2.70 bits per heavy atom. The number of nitrogens with zero attached hydrogens (tertiary/aromatic N) is 2. The highest BCUT2D eigenvalue weighted by atomic mass is 35.5. The van der Waals surface area contributed by atoms with Gasteiger partial charge in [-0.3, -0.25) is 9.78 Å².